The van der Waals surface area contributed by atoms with Crippen LogP contribution in [0.15, 0.2) is 77.4 Å². The molecule has 0 bridgehead atoms. The summed E-state index contributed by atoms with van der Waals surface area (Å²) in [6.07, 6.45) is -0.466. The molecule has 0 fully saturated rings. The van der Waals surface area contributed by atoms with Gasteiger partial charge in [-0.2, -0.15) is 0 Å². The fraction of sp³-hybridized carbons (Fsp3) is 0.240. The number of carbonyl (C=O) groups is 3. The van der Waals surface area contributed by atoms with Crippen LogP contribution in [-0.2, 0) is 40.6 Å². The molecular weight excluding hydrogens is 424 g/mol. The van der Waals surface area contributed by atoms with Gasteiger partial charge in [0, 0.05) is 11.3 Å². The maximum Gasteiger partial charge on any atom is 0.341 e. The minimum absolute atomic E-state index is 0.0513. The van der Waals surface area contributed by atoms with Gasteiger partial charge in [-0.25, -0.2) is 9.59 Å². The van der Waals surface area contributed by atoms with Gasteiger partial charge in [0.2, 0.25) is 11.8 Å². The molecule has 4 rings (SSSR count). The summed E-state index contributed by atoms with van der Waals surface area (Å²) < 4.78 is 16.5. The molecule has 1 unspecified atom stereocenters. The van der Waals surface area contributed by atoms with Gasteiger partial charge < -0.3 is 25.3 Å². The lowest BCUT2D eigenvalue weighted by molar-refractivity contribution is -0.146. The number of fused-ring (bicyclic) bond motifs is 2. The first-order valence-corrected chi connectivity index (χ1v) is 10.5. The topological polar surface area (TPSA) is 117 Å². The predicted molar refractivity (Wildman–Crippen MR) is 119 cm³/mol. The van der Waals surface area contributed by atoms with Crippen LogP contribution in [0.25, 0.3) is 0 Å². The van der Waals surface area contributed by atoms with Gasteiger partial charge >= 0.3 is 11.9 Å². The Labute approximate surface area is 191 Å². The number of anilines is 1. The van der Waals surface area contributed by atoms with E-state index in [1.54, 1.807) is 50.2 Å². The number of para-hydroxylation sites is 1. The number of hydrogen-bond acceptors (Lipinski definition) is 7. The standard InChI is InChI=1S/C25H24N2O6/c1-14(2)32-23(29)19-15(3)33-21(26)20(22(28)31-13-16-9-5-4-6-10-16)25(19)17-11-7-8-12-18(17)27-24(25)30/h4-12,14H,13,26H2,1-3H3,(H,27,30). The van der Waals surface area contributed by atoms with E-state index in [-0.39, 0.29) is 29.4 Å². The van der Waals surface area contributed by atoms with E-state index in [4.69, 9.17) is 19.9 Å². The van der Waals surface area contributed by atoms with E-state index in [1.165, 1.54) is 6.92 Å². The zero-order chi connectivity index (χ0) is 23.8. The van der Waals surface area contributed by atoms with E-state index < -0.39 is 29.4 Å². The molecule has 8 heteroatoms. The number of hydrogen-bond donors (Lipinski definition) is 2. The first-order chi connectivity index (χ1) is 15.8. The zero-order valence-corrected chi connectivity index (χ0v) is 18.5. The Morgan fingerprint density at radius 1 is 1.03 bits per heavy atom. The van der Waals surface area contributed by atoms with Crippen molar-refractivity contribution in [2.45, 2.75) is 38.9 Å². The SMILES string of the molecule is CC1=C(C(=O)OC(C)C)C2(C(=O)Nc3ccccc32)C(C(=O)OCc2ccccc2)=C(N)O1. The first kappa shape index (κ1) is 22.1. The lowest BCUT2D eigenvalue weighted by atomic mass is 9.67. The zero-order valence-electron chi connectivity index (χ0n) is 18.5. The molecule has 0 saturated carbocycles. The molecular formula is C25H24N2O6. The van der Waals surface area contributed by atoms with Gasteiger partial charge in [-0.05, 0) is 32.4 Å². The van der Waals surface area contributed by atoms with Crippen LogP contribution in [-0.4, -0.2) is 23.9 Å². The Kier molecular flexibility index (Phi) is 5.68. The summed E-state index contributed by atoms with van der Waals surface area (Å²) in [4.78, 5) is 40.2. The number of esters is 2. The second kappa shape index (κ2) is 8.46. The fourth-order valence-electron chi connectivity index (χ4n) is 4.21. The lowest BCUT2D eigenvalue weighted by Gasteiger charge is -2.35. The Bertz CT molecular complexity index is 1200. The van der Waals surface area contributed by atoms with Crippen molar-refractivity contribution in [3.05, 3.63) is 88.5 Å². The van der Waals surface area contributed by atoms with Gasteiger partial charge in [0.05, 0.1) is 6.10 Å². The van der Waals surface area contributed by atoms with Crippen molar-refractivity contribution in [1.29, 1.82) is 0 Å². The van der Waals surface area contributed by atoms with Crippen molar-refractivity contribution in [2.24, 2.45) is 5.73 Å². The first-order valence-electron chi connectivity index (χ1n) is 10.5. The molecule has 170 valence electrons. The molecule has 2 aliphatic heterocycles. The third-order valence-corrected chi connectivity index (χ3v) is 5.50. The third-order valence-electron chi connectivity index (χ3n) is 5.50. The third kappa shape index (κ3) is 3.63. The van der Waals surface area contributed by atoms with Gasteiger partial charge in [0.15, 0.2) is 0 Å². The van der Waals surface area contributed by atoms with Gasteiger partial charge in [-0.1, -0.05) is 48.5 Å². The summed E-state index contributed by atoms with van der Waals surface area (Å²) in [6, 6.07) is 15.9. The van der Waals surface area contributed by atoms with Crippen molar-refractivity contribution in [1.82, 2.24) is 0 Å². The number of rotatable bonds is 5. The summed E-state index contributed by atoms with van der Waals surface area (Å²) >= 11 is 0. The maximum absolute atomic E-state index is 13.6. The minimum atomic E-state index is -1.87. The molecule has 1 atom stereocenters. The van der Waals surface area contributed by atoms with Crippen molar-refractivity contribution < 1.29 is 28.6 Å². The Balaban J connectivity index is 1.86. The molecule has 2 aromatic rings. The molecule has 3 N–H and O–H groups in total. The highest BCUT2D eigenvalue weighted by atomic mass is 16.6. The molecule has 0 aromatic heterocycles. The quantitative estimate of drug-likeness (QED) is 0.675. The molecule has 0 aliphatic carbocycles. The average molecular weight is 448 g/mol. The molecule has 0 radical (unpaired) electrons. The van der Waals surface area contributed by atoms with Crippen molar-refractivity contribution in [3.8, 4) is 0 Å². The van der Waals surface area contributed by atoms with Crippen LogP contribution in [0, 0.1) is 0 Å². The average Bonchev–Trinajstić information content (AvgIpc) is 3.04. The second-order valence-corrected chi connectivity index (χ2v) is 8.04. The van der Waals surface area contributed by atoms with Gasteiger partial charge in [0.25, 0.3) is 0 Å². The summed E-state index contributed by atoms with van der Waals surface area (Å²) in [7, 11) is 0. The van der Waals surface area contributed by atoms with E-state index >= 15 is 0 Å². The molecule has 1 amide bonds. The van der Waals surface area contributed by atoms with E-state index in [2.05, 4.69) is 5.32 Å². The van der Waals surface area contributed by atoms with Crippen LogP contribution >= 0.6 is 0 Å². The molecule has 2 heterocycles. The van der Waals surface area contributed by atoms with Crippen molar-refractivity contribution in [3.63, 3.8) is 0 Å². The minimum Gasteiger partial charge on any atom is -0.459 e. The number of ether oxygens (including phenoxy) is 3. The molecule has 8 nitrogen and oxygen atoms in total. The molecule has 2 aliphatic rings. The Hall–Kier alpha value is -4.07. The molecule has 0 saturated heterocycles. The monoisotopic (exact) mass is 448 g/mol. The van der Waals surface area contributed by atoms with Crippen LogP contribution in [0.1, 0.15) is 31.9 Å². The molecule has 2 aromatic carbocycles. The highest BCUT2D eigenvalue weighted by molar-refractivity contribution is 6.21. The molecule has 1 spiro atoms. The number of nitrogens with two attached hydrogens (primary N) is 1. The second-order valence-electron chi connectivity index (χ2n) is 8.04. The van der Waals surface area contributed by atoms with Crippen LogP contribution in [0.5, 0.6) is 0 Å². The summed E-state index contributed by atoms with van der Waals surface area (Å²) in [5.74, 6) is -2.50. The number of amides is 1. The largest absolute Gasteiger partial charge is 0.459 e. The predicted octanol–water partition coefficient (Wildman–Crippen LogP) is 3.05. The number of nitrogens with one attached hydrogen (secondary N) is 1. The van der Waals surface area contributed by atoms with Gasteiger partial charge in [0.1, 0.15) is 28.9 Å². The van der Waals surface area contributed by atoms with Crippen LogP contribution < -0.4 is 11.1 Å². The summed E-state index contributed by atoms with van der Waals surface area (Å²) in [5, 5.41) is 2.76. The Morgan fingerprint density at radius 3 is 2.39 bits per heavy atom. The van der Waals surface area contributed by atoms with E-state index in [0.29, 0.717) is 11.3 Å². The van der Waals surface area contributed by atoms with Crippen LogP contribution in [0.4, 0.5) is 5.69 Å². The summed E-state index contributed by atoms with van der Waals surface area (Å²) in [6.45, 7) is 4.83. The fourth-order valence-corrected chi connectivity index (χ4v) is 4.21. The highest BCUT2D eigenvalue weighted by Gasteiger charge is 2.61. The number of benzene rings is 2. The van der Waals surface area contributed by atoms with Crippen molar-refractivity contribution in [2.75, 3.05) is 5.32 Å². The Morgan fingerprint density at radius 2 is 1.70 bits per heavy atom. The maximum atomic E-state index is 13.6. The van der Waals surface area contributed by atoms with Gasteiger partial charge in [-0.15, -0.1) is 0 Å². The number of allylic oxidation sites excluding steroid dienone is 1. The van der Waals surface area contributed by atoms with Crippen LogP contribution in [0.2, 0.25) is 0 Å². The smallest absolute Gasteiger partial charge is 0.341 e. The van der Waals surface area contributed by atoms with Crippen LogP contribution in [0.3, 0.4) is 0 Å². The lowest BCUT2D eigenvalue weighted by Crippen LogP contribution is -2.48. The molecule has 33 heavy (non-hydrogen) atoms. The highest BCUT2D eigenvalue weighted by Crippen LogP contribution is 2.52. The summed E-state index contributed by atoms with van der Waals surface area (Å²) in [5.41, 5.74) is 5.51. The van der Waals surface area contributed by atoms with E-state index in [9.17, 15) is 14.4 Å². The number of carbonyl (C=O) groups excluding carboxylic acids is 3. The normalized spacial score (nSPS) is 19.3. The van der Waals surface area contributed by atoms with E-state index in [0.717, 1.165) is 5.56 Å². The van der Waals surface area contributed by atoms with E-state index in [1.807, 2.05) is 18.2 Å². The van der Waals surface area contributed by atoms with Crippen molar-refractivity contribution >= 4 is 23.5 Å². The van der Waals surface area contributed by atoms with Gasteiger partial charge in [-0.3, -0.25) is 4.79 Å².